The van der Waals surface area contributed by atoms with Crippen molar-refractivity contribution in [3.63, 3.8) is 0 Å². The highest BCUT2D eigenvalue weighted by Crippen LogP contribution is 2.20. The smallest absolute Gasteiger partial charge is 0.322 e. The van der Waals surface area contributed by atoms with Crippen LogP contribution in [0.25, 0.3) is 0 Å². The van der Waals surface area contributed by atoms with E-state index in [0.717, 1.165) is 17.2 Å². The van der Waals surface area contributed by atoms with E-state index in [-0.39, 0.29) is 0 Å². The highest BCUT2D eigenvalue weighted by atomic mass is 16.4. The molecule has 0 saturated carbocycles. The minimum absolute atomic E-state index is 0.398. The Labute approximate surface area is 123 Å². The maximum absolute atomic E-state index is 11.6. The first-order chi connectivity index (χ1) is 10.0. The molecular formula is C15H18N4O2. The van der Waals surface area contributed by atoms with Crippen LogP contribution < -0.4 is 0 Å². The second-order valence-corrected chi connectivity index (χ2v) is 5.52. The molecule has 2 heterocycles. The van der Waals surface area contributed by atoms with Crippen molar-refractivity contribution in [2.45, 2.75) is 39.5 Å². The third-order valence-electron chi connectivity index (χ3n) is 3.94. The molecule has 3 rings (SSSR count). The van der Waals surface area contributed by atoms with E-state index in [0.29, 0.717) is 19.6 Å². The van der Waals surface area contributed by atoms with E-state index in [1.807, 2.05) is 47.6 Å². The lowest BCUT2D eigenvalue weighted by Gasteiger charge is -2.33. The fourth-order valence-corrected chi connectivity index (χ4v) is 2.69. The standard InChI is InChI=1S/C15H18N4O2/c1-10-3-5-12(6-4-10)7-18-9-14-17-16-11(2)19(14)8-13(18)15(20)21/h3-6,13H,7-9H2,1-2H3,(H,20,21). The molecule has 1 aromatic carbocycles. The van der Waals surface area contributed by atoms with E-state index in [1.165, 1.54) is 5.56 Å². The van der Waals surface area contributed by atoms with Gasteiger partial charge in [0.15, 0.2) is 0 Å². The van der Waals surface area contributed by atoms with E-state index in [2.05, 4.69) is 10.2 Å². The fraction of sp³-hybridized carbons (Fsp3) is 0.400. The Bertz CT molecular complexity index is 663. The van der Waals surface area contributed by atoms with E-state index in [4.69, 9.17) is 0 Å². The molecule has 0 spiro atoms. The number of nitrogens with zero attached hydrogens (tertiary/aromatic N) is 4. The van der Waals surface area contributed by atoms with Gasteiger partial charge in [0.25, 0.3) is 0 Å². The molecule has 1 aliphatic heterocycles. The molecule has 0 bridgehead atoms. The summed E-state index contributed by atoms with van der Waals surface area (Å²) in [6.07, 6.45) is 0. The third kappa shape index (κ3) is 2.67. The zero-order chi connectivity index (χ0) is 15.0. The summed E-state index contributed by atoms with van der Waals surface area (Å²) in [5, 5.41) is 17.7. The number of carbonyl (C=O) groups is 1. The van der Waals surface area contributed by atoms with E-state index in [9.17, 15) is 9.90 Å². The number of benzene rings is 1. The van der Waals surface area contributed by atoms with Gasteiger partial charge >= 0.3 is 5.97 Å². The molecule has 0 saturated heterocycles. The minimum atomic E-state index is -0.805. The Balaban J connectivity index is 1.85. The van der Waals surface area contributed by atoms with Gasteiger partial charge in [-0.1, -0.05) is 29.8 Å². The zero-order valence-electron chi connectivity index (χ0n) is 12.2. The topological polar surface area (TPSA) is 71.2 Å². The number of aromatic nitrogens is 3. The number of carboxylic acids is 1. The van der Waals surface area contributed by atoms with Crippen LogP contribution in [-0.4, -0.2) is 36.8 Å². The molecule has 2 aromatic rings. The molecule has 0 radical (unpaired) electrons. The highest BCUT2D eigenvalue weighted by molar-refractivity contribution is 5.73. The number of aliphatic carboxylic acids is 1. The maximum atomic E-state index is 11.6. The lowest BCUT2D eigenvalue weighted by molar-refractivity contribution is -0.145. The monoisotopic (exact) mass is 286 g/mol. The molecule has 1 aliphatic rings. The molecular weight excluding hydrogens is 268 g/mol. The van der Waals surface area contributed by atoms with Crippen LogP contribution in [0.3, 0.4) is 0 Å². The van der Waals surface area contributed by atoms with Gasteiger partial charge < -0.3 is 9.67 Å². The molecule has 0 fully saturated rings. The van der Waals surface area contributed by atoms with Crippen molar-refractivity contribution in [1.29, 1.82) is 0 Å². The van der Waals surface area contributed by atoms with Gasteiger partial charge in [-0.3, -0.25) is 9.69 Å². The number of fused-ring (bicyclic) bond motifs is 1. The van der Waals surface area contributed by atoms with E-state index >= 15 is 0 Å². The first kappa shape index (κ1) is 13.8. The zero-order valence-corrected chi connectivity index (χ0v) is 12.2. The van der Waals surface area contributed by atoms with Gasteiger partial charge in [-0.15, -0.1) is 10.2 Å². The Hall–Kier alpha value is -2.21. The van der Waals surface area contributed by atoms with E-state index < -0.39 is 12.0 Å². The number of hydrogen-bond donors (Lipinski definition) is 1. The molecule has 0 amide bonds. The first-order valence-corrected chi connectivity index (χ1v) is 6.95. The van der Waals surface area contributed by atoms with Crippen LogP contribution in [0.1, 0.15) is 22.8 Å². The van der Waals surface area contributed by atoms with Crippen LogP contribution in [0.2, 0.25) is 0 Å². The molecule has 6 nitrogen and oxygen atoms in total. The van der Waals surface area contributed by atoms with Crippen LogP contribution in [0.15, 0.2) is 24.3 Å². The summed E-state index contributed by atoms with van der Waals surface area (Å²) in [6, 6.07) is 7.62. The molecule has 6 heteroatoms. The van der Waals surface area contributed by atoms with Crippen molar-refractivity contribution < 1.29 is 9.90 Å². The third-order valence-corrected chi connectivity index (χ3v) is 3.94. The van der Waals surface area contributed by atoms with Crippen LogP contribution in [-0.2, 0) is 24.4 Å². The fourth-order valence-electron chi connectivity index (χ4n) is 2.69. The van der Waals surface area contributed by atoms with Gasteiger partial charge in [0.2, 0.25) is 0 Å². The Morgan fingerprint density at radius 3 is 2.67 bits per heavy atom. The van der Waals surface area contributed by atoms with Crippen molar-refractivity contribution in [2.75, 3.05) is 0 Å². The molecule has 21 heavy (non-hydrogen) atoms. The largest absolute Gasteiger partial charge is 0.480 e. The van der Waals surface area contributed by atoms with Crippen LogP contribution in [0.5, 0.6) is 0 Å². The maximum Gasteiger partial charge on any atom is 0.322 e. The van der Waals surface area contributed by atoms with Gasteiger partial charge in [0.05, 0.1) is 13.1 Å². The lowest BCUT2D eigenvalue weighted by atomic mass is 10.1. The molecule has 1 aromatic heterocycles. The average Bonchev–Trinajstić information content (AvgIpc) is 2.81. The summed E-state index contributed by atoms with van der Waals surface area (Å²) in [7, 11) is 0. The summed E-state index contributed by atoms with van der Waals surface area (Å²) in [5.74, 6) is 0.796. The molecule has 1 unspecified atom stereocenters. The molecule has 1 atom stereocenters. The number of hydrogen-bond acceptors (Lipinski definition) is 4. The van der Waals surface area contributed by atoms with Gasteiger partial charge in [0, 0.05) is 6.54 Å². The SMILES string of the molecule is Cc1ccc(CN2Cc3nnc(C)n3CC2C(=O)O)cc1. The van der Waals surface area contributed by atoms with Crippen LogP contribution >= 0.6 is 0 Å². The van der Waals surface area contributed by atoms with Crippen LogP contribution in [0, 0.1) is 13.8 Å². The van der Waals surface area contributed by atoms with Gasteiger partial charge in [-0.05, 0) is 19.4 Å². The normalized spacial score (nSPS) is 18.5. The minimum Gasteiger partial charge on any atom is -0.480 e. The quantitative estimate of drug-likeness (QED) is 0.922. The summed E-state index contributed by atoms with van der Waals surface area (Å²) in [4.78, 5) is 13.5. The van der Waals surface area contributed by atoms with Gasteiger partial charge in [-0.25, -0.2) is 0 Å². The number of aryl methyl sites for hydroxylation is 2. The molecule has 0 aliphatic carbocycles. The Kier molecular flexibility index (Phi) is 3.47. The van der Waals surface area contributed by atoms with Crippen molar-refractivity contribution in [1.82, 2.24) is 19.7 Å². The summed E-state index contributed by atoms with van der Waals surface area (Å²) < 4.78 is 1.89. The Morgan fingerprint density at radius 2 is 2.00 bits per heavy atom. The van der Waals surface area contributed by atoms with Crippen molar-refractivity contribution in [3.8, 4) is 0 Å². The van der Waals surface area contributed by atoms with Crippen LogP contribution in [0.4, 0.5) is 0 Å². The number of rotatable bonds is 3. The van der Waals surface area contributed by atoms with Crippen molar-refractivity contribution in [3.05, 3.63) is 47.0 Å². The van der Waals surface area contributed by atoms with E-state index in [1.54, 1.807) is 0 Å². The second-order valence-electron chi connectivity index (χ2n) is 5.52. The first-order valence-electron chi connectivity index (χ1n) is 6.95. The highest BCUT2D eigenvalue weighted by Gasteiger charge is 2.33. The average molecular weight is 286 g/mol. The summed E-state index contributed by atoms with van der Waals surface area (Å²) in [5.41, 5.74) is 2.30. The lowest BCUT2D eigenvalue weighted by Crippen LogP contribution is -2.47. The van der Waals surface area contributed by atoms with Gasteiger partial charge in [0.1, 0.15) is 17.7 Å². The summed E-state index contributed by atoms with van der Waals surface area (Å²) >= 11 is 0. The Morgan fingerprint density at radius 1 is 1.29 bits per heavy atom. The van der Waals surface area contributed by atoms with Gasteiger partial charge in [-0.2, -0.15) is 0 Å². The van der Waals surface area contributed by atoms with Crippen molar-refractivity contribution >= 4 is 5.97 Å². The summed E-state index contributed by atoms with van der Waals surface area (Å²) in [6.45, 7) is 5.39. The molecule has 1 N–H and O–H groups in total. The predicted molar refractivity (Wildman–Crippen MR) is 76.6 cm³/mol. The van der Waals surface area contributed by atoms with Crippen molar-refractivity contribution in [2.24, 2.45) is 0 Å². The number of carboxylic acid groups (broad SMARTS) is 1. The molecule has 110 valence electrons. The predicted octanol–water partition coefficient (Wildman–Crippen LogP) is 1.36. The second kappa shape index (κ2) is 5.29.